The van der Waals surface area contributed by atoms with Crippen molar-refractivity contribution in [3.8, 4) is 0 Å². The normalized spacial score (nSPS) is 12.5. The van der Waals surface area contributed by atoms with Crippen molar-refractivity contribution in [1.29, 1.82) is 0 Å². The lowest BCUT2D eigenvalue weighted by atomic mass is 10.3. The van der Waals surface area contributed by atoms with E-state index >= 15 is 0 Å². The van der Waals surface area contributed by atoms with Gasteiger partial charge in [0, 0.05) is 7.11 Å². The van der Waals surface area contributed by atoms with Crippen LogP contribution in [0.5, 0.6) is 0 Å². The maximum absolute atomic E-state index is 11.5. The minimum absolute atomic E-state index is 0.200. The highest BCUT2D eigenvalue weighted by Crippen LogP contribution is 2.17. The largest absolute Gasteiger partial charge is 0.456 e. The molecule has 0 radical (unpaired) electrons. The summed E-state index contributed by atoms with van der Waals surface area (Å²) in [5.41, 5.74) is 0.963. The molecule has 0 saturated carbocycles. The van der Waals surface area contributed by atoms with E-state index in [0.29, 0.717) is 11.5 Å². The number of thiophene rings is 1. The van der Waals surface area contributed by atoms with E-state index in [9.17, 15) is 4.79 Å². The average molecular weight is 214 g/mol. The third-order valence-electron chi connectivity index (χ3n) is 1.76. The van der Waals surface area contributed by atoms with Crippen LogP contribution in [-0.4, -0.2) is 25.8 Å². The van der Waals surface area contributed by atoms with Crippen LogP contribution < -0.4 is 0 Å². The van der Waals surface area contributed by atoms with Crippen molar-refractivity contribution in [2.45, 2.75) is 20.0 Å². The summed E-state index contributed by atoms with van der Waals surface area (Å²) in [5.74, 6) is -0.262. The number of methoxy groups -OCH3 is 1. The smallest absolute Gasteiger partial charge is 0.348 e. The van der Waals surface area contributed by atoms with Gasteiger partial charge < -0.3 is 9.47 Å². The highest BCUT2D eigenvalue weighted by Gasteiger charge is 2.14. The molecule has 1 unspecified atom stereocenters. The third-order valence-corrected chi connectivity index (χ3v) is 2.75. The number of carbonyl (C=O) groups excluding carboxylic acids is 1. The fraction of sp³-hybridized carbons (Fsp3) is 0.500. The first kappa shape index (κ1) is 11.2. The van der Waals surface area contributed by atoms with Gasteiger partial charge in [-0.3, -0.25) is 0 Å². The van der Waals surface area contributed by atoms with Crippen LogP contribution in [0, 0.1) is 6.92 Å². The predicted molar refractivity (Wildman–Crippen MR) is 55.8 cm³/mol. The van der Waals surface area contributed by atoms with Crippen molar-refractivity contribution in [3.63, 3.8) is 0 Å². The van der Waals surface area contributed by atoms with Gasteiger partial charge in [0.15, 0.2) is 0 Å². The number of esters is 1. The van der Waals surface area contributed by atoms with E-state index in [0.717, 1.165) is 5.56 Å². The van der Waals surface area contributed by atoms with Crippen LogP contribution in [0.15, 0.2) is 11.4 Å². The van der Waals surface area contributed by atoms with E-state index in [4.69, 9.17) is 9.47 Å². The van der Waals surface area contributed by atoms with Crippen LogP contribution in [-0.2, 0) is 9.47 Å². The molecule has 0 spiro atoms. The predicted octanol–water partition coefficient (Wildman–Crippen LogP) is 2.25. The Bertz CT molecular complexity index is 306. The summed E-state index contributed by atoms with van der Waals surface area (Å²) in [4.78, 5) is 12.2. The van der Waals surface area contributed by atoms with Gasteiger partial charge in [-0.15, -0.1) is 11.3 Å². The number of hydrogen-bond acceptors (Lipinski definition) is 4. The van der Waals surface area contributed by atoms with E-state index in [2.05, 4.69) is 0 Å². The number of ether oxygens (including phenoxy) is 2. The Hall–Kier alpha value is -0.870. The zero-order valence-corrected chi connectivity index (χ0v) is 9.39. The molecule has 1 aromatic heterocycles. The molecule has 78 valence electrons. The minimum Gasteiger partial charge on any atom is -0.456 e. The Labute approximate surface area is 87.7 Å². The zero-order valence-electron chi connectivity index (χ0n) is 8.57. The molecule has 3 nitrogen and oxygen atoms in total. The van der Waals surface area contributed by atoms with E-state index in [-0.39, 0.29) is 12.1 Å². The lowest BCUT2D eigenvalue weighted by Gasteiger charge is -2.11. The Kier molecular flexibility index (Phi) is 4.10. The lowest BCUT2D eigenvalue weighted by molar-refractivity contribution is 0.0124. The van der Waals surface area contributed by atoms with Crippen LogP contribution in [0.3, 0.4) is 0 Å². The van der Waals surface area contributed by atoms with Crippen LogP contribution >= 0.6 is 11.3 Å². The molecule has 0 N–H and O–H groups in total. The molecular formula is C10H14O3S. The number of carbonyl (C=O) groups is 1. The van der Waals surface area contributed by atoms with Crippen LogP contribution in [0.4, 0.5) is 0 Å². The summed E-state index contributed by atoms with van der Waals surface area (Å²) < 4.78 is 10.0. The third kappa shape index (κ3) is 2.82. The molecule has 0 bridgehead atoms. The molecule has 0 saturated heterocycles. The summed E-state index contributed by atoms with van der Waals surface area (Å²) in [6, 6.07) is 1.91. The maximum atomic E-state index is 11.5. The first-order chi connectivity index (χ1) is 6.65. The van der Waals surface area contributed by atoms with Gasteiger partial charge in [-0.2, -0.15) is 0 Å². The Morgan fingerprint density at radius 3 is 2.86 bits per heavy atom. The second kappa shape index (κ2) is 5.12. The lowest BCUT2D eigenvalue weighted by Crippen LogP contribution is -2.19. The van der Waals surface area contributed by atoms with Crippen molar-refractivity contribution in [2.24, 2.45) is 0 Å². The van der Waals surface area contributed by atoms with Crippen LogP contribution in [0.25, 0.3) is 0 Å². The SMILES string of the molecule is COCC(C)OC(=O)c1sccc1C. The summed E-state index contributed by atoms with van der Waals surface area (Å²) in [7, 11) is 1.58. The summed E-state index contributed by atoms with van der Waals surface area (Å²) in [6.07, 6.45) is -0.200. The first-order valence-corrected chi connectivity index (χ1v) is 5.27. The van der Waals surface area contributed by atoms with E-state index in [1.165, 1.54) is 11.3 Å². The van der Waals surface area contributed by atoms with Crippen molar-refractivity contribution in [1.82, 2.24) is 0 Å². The molecule has 0 amide bonds. The average Bonchev–Trinajstić information content (AvgIpc) is 2.51. The van der Waals surface area contributed by atoms with Gasteiger partial charge in [0.05, 0.1) is 6.61 Å². The van der Waals surface area contributed by atoms with Gasteiger partial charge in [-0.1, -0.05) is 0 Å². The topological polar surface area (TPSA) is 35.5 Å². The van der Waals surface area contributed by atoms with E-state index in [1.54, 1.807) is 7.11 Å². The number of hydrogen-bond donors (Lipinski definition) is 0. The molecule has 0 aliphatic rings. The Morgan fingerprint density at radius 2 is 2.36 bits per heavy atom. The van der Waals surface area contributed by atoms with Crippen LogP contribution in [0.1, 0.15) is 22.2 Å². The van der Waals surface area contributed by atoms with E-state index < -0.39 is 0 Å². The second-order valence-electron chi connectivity index (χ2n) is 3.10. The molecular weight excluding hydrogens is 200 g/mol. The summed E-state index contributed by atoms with van der Waals surface area (Å²) in [5, 5.41) is 1.88. The van der Waals surface area contributed by atoms with Gasteiger partial charge in [0.2, 0.25) is 0 Å². The van der Waals surface area contributed by atoms with Gasteiger partial charge >= 0.3 is 5.97 Å². The quantitative estimate of drug-likeness (QED) is 0.721. The molecule has 1 aromatic rings. The summed E-state index contributed by atoms with van der Waals surface area (Å²) >= 11 is 1.40. The molecule has 0 aliphatic carbocycles. The van der Waals surface area contributed by atoms with Gasteiger partial charge in [0.25, 0.3) is 0 Å². The maximum Gasteiger partial charge on any atom is 0.348 e. The fourth-order valence-electron chi connectivity index (χ4n) is 1.09. The Morgan fingerprint density at radius 1 is 1.64 bits per heavy atom. The molecule has 1 heterocycles. The molecule has 14 heavy (non-hydrogen) atoms. The molecule has 0 fully saturated rings. The molecule has 1 rings (SSSR count). The second-order valence-corrected chi connectivity index (χ2v) is 4.02. The molecule has 0 aromatic carbocycles. The molecule has 4 heteroatoms. The monoisotopic (exact) mass is 214 g/mol. The zero-order chi connectivity index (χ0) is 10.6. The van der Waals surface area contributed by atoms with Crippen molar-refractivity contribution in [2.75, 3.05) is 13.7 Å². The van der Waals surface area contributed by atoms with Gasteiger partial charge in [-0.25, -0.2) is 4.79 Å². The van der Waals surface area contributed by atoms with E-state index in [1.807, 2.05) is 25.3 Å². The van der Waals surface area contributed by atoms with Crippen LogP contribution in [0.2, 0.25) is 0 Å². The number of aryl methyl sites for hydroxylation is 1. The van der Waals surface area contributed by atoms with Gasteiger partial charge in [0.1, 0.15) is 11.0 Å². The first-order valence-electron chi connectivity index (χ1n) is 4.39. The minimum atomic E-state index is -0.262. The van der Waals surface area contributed by atoms with Gasteiger partial charge in [-0.05, 0) is 30.9 Å². The highest BCUT2D eigenvalue weighted by molar-refractivity contribution is 7.12. The summed E-state index contributed by atoms with van der Waals surface area (Å²) in [6.45, 7) is 4.13. The fourth-order valence-corrected chi connectivity index (χ4v) is 1.89. The molecule has 0 aliphatic heterocycles. The highest BCUT2D eigenvalue weighted by atomic mass is 32.1. The standard InChI is InChI=1S/C10H14O3S/c1-7-4-5-14-9(7)10(11)13-8(2)6-12-3/h4-5,8H,6H2,1-3H3. The Balaban J connectivity index is 2.55. The van der Waals surface area contributed by atoms with Crippen molar-refractivity contribution >= 4 is 17.3 Å². The molecule has 1 atom stereocenters. The van der Waals surface area contributed by atoms with Crippen molar-refractivity contribution < 1.29 is 14.3 Å². The van der Waals surface area contributed by atoms with Crippen molar-refractivity contribution in [3.05, 3.63) is 21.9 Å². The number of rotatable bonds is 4.